The van der Waals surface area contributed by atoms with Crippen LogP contribution in [-0.4, -0.2) is 23.2 Å². The zero-order valence-corrected chi connectivity index (χ0v) is 12.7. The Morgan fingerprint density at radius 3 is 2.50 bits per heavy atom. The molecular formula is C14H24N2OS. The first-order chi connectivity index (χ1) is 8.43. The monoisotopic (exact) mass is 268 g/mol. The van der Waals surface area contributed by atoms with Crippen LogP contribution in [0.25, 0.3) is 0 Å². The highest BCUT2D eigenvalue weighted by Gasteiger charge is 2.29. The molecule has 1 aliphatic carbocycles. The summed E-state index contributed by atoms with van der Waals surface area (Å²) < 4.78 is 0. The van der Waals surface area contributed by atoms with E-state index >= 15 is 0 Å². The molecule has 3 nitrogen and oxygen atoms in total. The second-order valence-corrected chi connectivity index (χ2v) is 7.23. The van der Waals surface area contributed by atoms with Crippen molar-refractivity contribution >= 4 is 16.5 Å². The van der Waals surface area contributed by atoms with Crippen LogP contribution in [0.4, 0.5) is 5.13 Å². The fraction of sp³-hybridized carbons (Fsp3) is 0.786. The van der Waals surface area contributed by atoms with E-state index in [9.17, 15) is 5.11 Å². The van der Waals surface area contributed by atoms with E-state index < -0.39 is 0 Å². The second kappa shape index (κ2) is 5.17. The SMILES string of the molecule is Cc1nc(N(C)C2CCC(C)(C)CC2)sc1CO. The molecule has 1 fully saturated rings. The number of nitrogens with zero attached hydrogens (tertiary/aromatic N) is 2. The van der Waals surface area contributed by atoms with Gasteiger partial charge in [-0.15, -0.1) is 0 Å². The second-order valence-electron chi connectivity index (χ2n) is 6.17. The largest absolute Gasteiger partial charge is 0.391 e. The van der Waals surface area contributed by atoms with Crippen molar-refractivity contribution in [2.75, 3.05) is 11.9 Å². The summed E-state index contributed by atoms with van der Waals surface area (Å²) in [6.07, 6.45) is 5.08. The van der Waals surface area contributed by atoms with Crippen LogP contribution in [0.15, 0.2) is 0 Å². The van der Waals surface area contributed by atoms with Crippen molar-refractivity contribution < 1.29 is 5.11 Å². The number of aryl methyl sites for hydroxylation is 1. The van der Waals surface area contributed by atoms with E-state index in [2.05, 4.69) is 30.8 Å². The number of aromatic nitrogens is 1. The van der Waals surface area contributed by atoms with Crippen molar-refractivity contribution in [3.05, 3.63) is 10.6 Å². The summed E-state index contributed by atoms with van der Waals surface area (Å²) >= 11 is 1.63. The molecule has 1 aliphatic rings. The lowest BCUT2D eigenvalue weighted by Gasteiger charge is -2.38. The summed E-state index contributed by atoms with van der Waals surface area (Å²) in [6.45, 7) is 6.81. The highest BCUT2D eigenvalue weighted by molar-refractivity contribution is 7.15. The lowest BCUT2D eigenvalue weighted by atomic mass is 9.75. The molecule has 1 heterocycles. The number of hydrogen-bond acceptors (Lipinski definition) is 4. The van der Waals surface area contributed by atoms with Gasteiger partial charge in [-0.1, -0.05) is 25.2 Å². The number of anilines is 1. The molecule has 18 heavy (non-hydrogen) atoms. The molecule has 0 aromatic carbocycles. The van der Waals surface area contributed by atoms with Gasteiger partial charge in [0.1, 0.15) is 0 Å². The van der Waals surface area contributed by atoms with E-state index in [-0.39, 0.29) is 6.61 Å². The maximum atomic E-state index is 9.24. The Bertz CT molecular complexity index is 404. The van der Waals surface area contributed by atoms with Crippen molar-refractivity contribution in [1.29, 1.82) is 0 Å². The molecule has 0 unspecified atom stereocenters. The van der Waals surface area contributed by atoms with Crippen LogP contribution in [0, 0.1) is 12.3 Å². The average molecular weight is 268 g/mol. The molecule has 1 saturated carbocycles. The molecule has 2 rings (SSSR count). The molecule has 1 aromatic rings. The standard InChI is InChI=1S/C14H24N2OS/c1-10-12(9-17)18-13(15-10)16(4)11-5-7-14(2,3)8-6-11/h11,17H,5-9H2,1-4H3. The van der Waals surface area contributed by atoms with Gasteiger partial charge in [-0.2, -0.15) is 0 Å². The third kappa shape index (κ3) is 2.86. The van der Waals surface area contributed by atoms with Gasteiger partial charge in [0.25, 0.3) is 0 Å². The minimum absolute atomic E-state index is 0.106. The fourth-order valence-electron chi connectivity index (χ4n) is 2.64. The number of thiazole rings is 1. The van der Waals surface area contributed by atoms with Crippen LogP contribution in [0.3, 0.4) is 0 Å². The van der Waals surface area contributed by atoms with Crippen molar-refractivity contribution in [2.24, 2.45) is 5.41 Å². The first-order valence-corrected chi connectivity index (χ1v) is 7.54. The van der Waals surface area contributed by atoms with Gasteiger partial charge in [0.15, 0.2) is 5.13 Å². The molecule has 0 saturated heterocycles. The minimum Gasteiger partial charge on any atom is -0.391 e. The van der Waals surface area contributed by atoms with Crippen molar-refractivity contribution in [3.8, 4) is 0 Å². The molecule has 102 valence electrons. The molecule has 1 N–H and O–H groups in total. The van der Waals surface area contributed by atoms with Crippen LogP contribution in [0.1, 0.15) is 50.1 Å². The predicted octanol–water partition coefficient (Wildman–Crippen LogP) is 3.35. The Hall–Kier alpha value is -0.610. The summed E-state index contributed by atoms with van der Waals surface area (Å²) in [4.78, 5) is 7.88. The summed E-state index contributed by atoms with van der Waals surface area (Å²) in [7, 11) is 2.14. The van der Waals surface area contributed by atoms with E-state index in [0.717, 1.165) is 15.7 Å². The maximum Gasteiger partial charge on any atom is 0.185 e. The van der Waals surface area contributed by atoms with Crippen LogP contribution in [0.2, 0.25) is 0 Å². The van der Waals surface area contributed by atoms with Gasteiger partial charge in [0, 0.05) is 13.1 Å². The van der Waals surface area contributed by atoms with E-state index in [0.29, 0.717) is 11.5 Å². The lowest BCUT2D eigenvalue weighted by Crippen LogP contribution is -2.37. The van der Waals surface area contributed by atoms with Gasteiger partial charge >= 0.3 is 0 Å². The van der Waals surface area contributed by atoms with Crippen LogP contribution >= 0.6 is 11.3 Å². The van der Waals surface area contributed by atoms with Crippen molar-refractivity contribution in [1.82, 2.24) is 4.98 Å². The van der Waals surface area contributed by atoms with Crippen LogP contribution < -0.4 is 4.90 Å². The van der Waals surface area contributed by atoms with Gasteiger partial charge in [0.2, 0.25) is 0 Å². The van der Waals surface area contributed by atoms with Gasteiger partial charge in [-0.05, 0) is 38.0 Å². The fourth-order valence-corrected chi connectivity index (χ4v) is 3.59. The van der Waals surface area contributed by atoms with Crippen molar-refractivity contribution in [2.45, 2.75) is 59.1 Å². The Morgan fingerprint density at radius 2 is 2.00 bits per heavy atom. The maximum absolute atomic E-state index is 9.24. The molecular weight excluding hydrogens is 244 g/mol. The molecule has 0 bridgehead atoms. The number of hydrogen-bond donors (Lipinski definition) is 1. The Kier molecular flexibility index (Phi) is 3.97. The first kappa shape index (κ1) is 13.8. The van der Waals surface area contributed by atoms with Crippen molar-refractivity contribution in [3.63, 3.8) is 0 Å². The van der Waals surface area contributed by atoms with E-state index in [4.69, 9.17) is 0 Å². The normalized spacial score (nSPS) is 20.1. The first-order valence-electron chi connectivity index (χ1n) is 6.73. The van der Waals surface area contributed by atoms with Gasteiger partial charge in [-0.25, -0.2) is 4.98 Å². The molecule has 0 amide bonds. The van der Waals surface area contributed by atoms with E-state index in [1.807, 2.05) is 6.92 Å². The highest BCUT2D eigenvalue weighted by Crippen LogP contribution is 2.38. The zero-order chi connectivity index (χ0) is 13.3. The lowest BCUT2D eigenvalue weighted by molar-refractivity contribution is 0.222. The summed E-state index contributed by atoms with van der Waals surface area (Å²) in [5, 5.41) is 10.3. The third-order valence-corrected chi connectivity index (χ3v) is 5.42. The quantitative estimate of drug-likeness (QED) is 0.913. The smallest absolute Gasteiger partial charge is 0.185 e. The number of aliphatic hydroxyl groups is 1. The molecule has 0 spiro atoms. The predicted molar refractivity (Wildman–Crippen MR) is 77.2 cm³/mol. The molecule has 4 heteroatoms. The summed E-state index contributed by atoms with van der Waals surface area (Å²) in [6, 6.07) is 0.607. The zero-order valence-electron chi connectivity index (χ0n) is 11.9. The van der Waals surface area contributed by atoms with E-state index in [1.54, 1.807) is 11.3 Å². The third-order valence-electron chi connectivity index (χ3n) is 4.18. The van der Waals surface area contributed by atoms with Crippen LogP contribution in [0.5, 0.6) is 0 Å². The Morgan fingerprint density at radius 1 is 1.39 bits per heavy atom. The summed E-state index contributed by atoms with van der Waals surface area (Å²) in [5.41, 5.74) is 1.48. The molecule has 0 aliphatic heterocycles. The Labute approximate surface area is 114 Å². The van der Waals surface area contributed by atoms with Crippen LogP contribution in [-0.2, 0) is 6.61 Å². The number of aliphatic hydroxyl groups excluding tert-OH is 1. The average Bonchev–Trinajstić information content (AvgIpc) is 2.69. The molecule has 1 aromatic heterocycles. The van der Waals surface area contributed by atoms with Gasteiger partial charge in [0.05, 0.1) is 17.2 Å². The number of rotatable bonds is 3. The molecule has 0 atom stereocenters. The molecule has 0 radical (unpaired) electrons. The van der Waals surface area contributed by atoms with Gasteiger partial charge < -0.3 is 10.0 Å². The summed E-state index contributed by atoms with van der Waals surface area (Å²) in [5.74, 6) is 0. The van der Waals surface area contributed by atoms with Gasteiger partial charge in [-0.3, -0.25) is 0 Å². The topological polar surface area (TPSA) is 36.4 Å². The van der Waals surface area contributed by atoms with E-state index in [1.165, 1.54) is 25.7 Å². The Balaban J connectivity index is 2.05. The minimum atomic E-state index is 0.106. The highest BCUT2D eigenvalue weighted by atomic mass is 32.1.